The lowest BCUT2D eigenvalue weighted by Crippen LogP contribution is -2.49. The zero-order valence-corrected chi connectivity index (χ0v) is 8.95. The molecule has 1 aromatic carbocycles. The van der Waals surface area contributed by atoms with Gasteiger partial charge in [0.25, 0.3) is 0 Å². The standard InChI is InChI=1S/C12H14N2O/c1-9-7-15-11-6-4-3-5-10(11)12(9,8-13)14-2/h3-6,9,14H,7H2,1-2H3. The van der Waals surface area contributed by atoms with Gasteiger partial charge < -0.3 is 4.74 Å². The van der Waals surface area contributed by atoms with Crippen LogP contribution in [0.2, 0.25) is 0 Å². The average molecular weight is 202 g/mol. The van der Waals surface area contributed by atoms with Gasteiger partial charge in [-0.25, -0.2) is 0 Å². The predicted octanol–water partition coefficient (Wildman–Crippen LogP) is 1.65. The molecule has 2 atom stereocenters. The summed E-state index contributed by atoms with van der Waals surface area (Å²) >= 11 is 0. The number of para-hydroxylation sites is 1. The van der Waals surface area contributed by atoms with Gasteiger partial charge in [-0.15, -0.1) is 0 Å². The number of nitriles is 1. The van der Waals surface area contributed by atoms with E-state index in [0.717, 1.165) is 11.3 Å². The van der Waals surface area contributed by atoms with Gasteiger partial charge in [0.1, 0.15) is 11.3 Å². The second kappa shape index (κ2) is 3.56. The van der Waals surface area contributed by atoms with Gasteiger partial charge in [0, 0.05) is 11.5 Å². The SMILES string of the molecule is CNC1(C#N)c2ccccc2OCC1C. The molecule has 0 aromatic heterocycles. The van der Waals surface area contributed by atoms with Crippen molar-refractivity contribution in [2.24, 2.45) is 5.92 Å². The summed E-state index contributed by atoms with van der Waals surface area (Å²) in [6.07, 6.45) is 0. The van der Waals surface area contributed by atoms with Crippen molar-refractivity contribution in [2.45, 2.75) is 12.5 Å². The molecule has 0 saturated carbocycles. The summed E-state index contributed by atoms with van der Waals surface area (Å²) in [4.78, 5) is 0. The van der Waals surface area contributed by atoms with E-state index in [4.69, 9.17) is 4.74 Å². The van der Waals surface area contributed by atoms with E-state index in [1.165, 1.54) is 0 Å². The van der Waals surface area contributed by atoms with Gasteiger partial charge in [-0.2, -0.15) is 5.26 Å². The first-order valence-electron chi connectivity index (χ1n) is 5.07. The molecule has 1 N–H and O–H groups in total. The van der Waals surface area contributed by atoms with Crippen LogP contribution in [0.1, 0.15) is 12.5 Å². The van der Waals surface area contributed by atoms with Crippen LogP contribution < -0.4 is 10.1 Å². The van der Waals surface area contributed by atoms with Gasteiger partial charge >= 0.3 is 0 Å². The van der Waals surface area contributed by atoms with Crippen LogP contribution in [0.4, 0.5) is 0 Å². The Morgan fingerprint density at radius 1 is 1.53 bits per heavy atom. The van der Waals surface area contributed by atoms with E-state index >= 15 is 0 Å². The van der Waals surface area contributed by atoms with E-state index in [-0.39, 0.29) is 5.92 Å². The van der Waals surface area contributed by atoms with Gasteiger partial charge in [-0.05, 0) is 13.1 Å². The lowest BCUT2D eigenvalue weighted by molar-refractivity contribution is 0.156. The van der Waals surface area contributed by atoms with Crippen molar-refractivity contribution in [3.8, 4) is 11.8 Å². The van der Waals surface area contributed by atoms with E-state index in [1.807, 2.05) is 38.2 Å². The predicted molar refractivity (Wildman–Crippen MR) is 57.5 cm³/mol. The molecule has 0 radical (unpaired) electrons. The molecule has 3 nitrogen and oxygen atoms in total. The lowest BCUT2D eigenvalue weighted by Gasteiger charge is -2.38. The molecule has 3 heteroatoms. The summed E-state index contributed by atoms with van der Waals surface area (Å²) in [6, 6.07) is 10.1. The minimum Gasteiger partial charge on any atom is -0.493 e. The molecule has 1 aliphatic rings. The number of nitrogens with zero attached hydrogens (tertiary/aromatic N) is 1. The largest absolute Gasteiger partial charge is 0.493 e. The number of ether oxygens (including phenoxy) is 1. The highest BCUT2D eigenvalue weighted by atomic mass is 16.5. The maximum atomic E-state index is 9.39. The maximum absolute atomic E-state index is 9.39. The third-order valence-corrected chi connectivity index (χ3v) is 3.11. The topological polar surface area (TPSA) is 45.0 Å². The van der Waals surface area contributed by atoms with Crippen LogP contribution in [0.3, 0.4) is 0 Å². The molecule has 0 spiro atoms. The zero-order valence-electron chi connectivity index (χ0n) is 8.95. The molecule has 1 aromatic rings. The van der Waals surface area contributed by atoms with E-state index in [1.54, 1.807) is 0 Å². The summed E-state index contributed by atoms with van der Waals surface area (Å²) in [5.41, 5.74) is 0.322. The van der Waals surface area contributed by atoms with Crippen LogP contribution in [0.5, 0.6) is 5.75 Å². The fourth-order valence-corrected chi connectivity index (χ4v) is 2.13. The van der Waals surface area contributed by atoms with Crippen molar-refractivity contribution >= 4 is 0 Å². The molecule has 2 rings (SSSR count). The van der Waals surface area contributed by atoms with Crippen LogP contribution in [-0.4, -0.2) is 13.7 Å². The Labute approximate surface area is 89.7 Å². The maximum Gasteiger partial charge on any atom is 0.141 e. The Bertz CT molecular complexity index is 410. The quantitative estimate of drug-likeness (QED) is 0.753. The minimum absolute atomic E-state index is 0.141. The Kier molecular flexibility index (Phi) is 2.37. The Morgan fingerprint density at radius 2 is 2.27 bits per heavy atom. The molecule has 15 heavy (non-hydrogen) atoms. The second-order valence-corrected chi connectivity index (χ2v) is 3.88. The third kappa shape index (κ3) is 1.30. The third-order valence-electron chi connectivity index (χ3n) is 3.11. The van der Waals surface area contributed by atoms with Crippen LogP contribution in [0, 0.1) is 17.2 Å². The van der Waals surface area contributed by atoms with E-state index < -0.39 is 5.54 Å². The van der Waals surface area contributed by atoms with Crippen molar-refractivity contribution in [1.82, 2.24) is 5.32 Å². The summed E-state index contributed by atoms with van der Waals surface area (Å²) in [5, 5.41) is 12.5. The van der Waals surface area contributed by atoms with Crippen LogP contribution in [0.25, 0.3) is 0 Å². The first kappa shape index (κ1) is 10.0. The molecular formula is C12H14N2O. The van der Waals surface area contributed by atoms with Gasteiger partial charge in [-0.1, -0.05) is 25.1 Å². The molecule has 0 saturated heterocycles. The molecule has 78 valence electrons. The van der Waals surface area contributed by atoms with E-state index in [9.17, 15) is 5.26 Å². The van der Waals surface area contributed by atoms with Gasteiger partial charge in [0.05, 0.1) is 12.7 Å². The highest BCUT2D eigenvalue weighted by Crippen LogP contribution is 2.39. The molecule has 1 heterocycles. The van der Waals surface area contributed by atoms with Crippen molar-refractivity contribution in [2.75, 3.05) is 13.7 Å². The average Bonchev–Trinajstić information content (AvgIpc) is 2.30. The fourth-order valence-electron chi connectivity index (χ4n) is 2.13. The summed E-state index contributed by atoms with van der Waals surface area (Å²) in [6.45, 7) is 2.60. The smallest absolute Gasteiger partial charge is 0.141 e. The number of hydrogen-bond donors (Lipinski definition) is 1. The lowest BCUT2D eigenvalue weighted by atomic mass is 9.78. The highest BCUT2D eigenvalue weighted by Gasteiger charge is 2.42. The Balaban J connectivity index is 2.60. The van der Waals surface area contributed by atoms with Crippen molar-refractivity contribution in [1.29, 1.82) is 5.26 Å². The van der Waals surface area contributed by atoms with Crippen LogP contribution >= 0.6 is 0 Å². The van der Waals surface area contributed by atoms with Crippen molar-refractivity contribution in [3.05, 3.63) is 29.8 Å². The summed E-state index contributed by atoms with van der Waals surface area (Å²) in [7, 11) is 1.82. The molecule has 0 fully saturated rings. The first-order chi connectivity index (χ1) is 7.24. The summed E-state index contributed by atoms with van der Waals surface area (Å²) in [5.74, 6) is 0.953. The number of benzene rings is 1. The van der Waals surface area contributed by atoms with Gasteiger partial charge in [0.2, 0.25) is 0 Å². The number of fused-ring (bicyclic) bond motifs is 1. The molecule has 1 aliphatic heterocycles. The monoisotopic (exact) mass is 202 g/mol. The molecule has 0 amide bonds. The Hall–Kier alpha value is -1.53. The molecule has 0 bridgehead atoms. The minimum atomic E-state index is -0.616. The van der Waals surface area contributed by atoms with Gasteiger partial charge in [-0.3, -0.25) is 5.32 Å². The number of hydrogen-bond acceptors (Lipinski definition) is 3. The molecular weight excluding hydrogens is 188 g/mol. The highest BCUT2D eigenvalue weighted by molar-refractivity contribution is 5.45. The second-order valence-electron chi connectivity index (χ2n) is 3.88. The summed E-state index contributed by atoms with van der Waals surface area (Å²) < 4.78 is 5.60. The van der Waals surface area contributed by atoms with Crippen molar-refractivity contribution < 1.29 is 4.74 Å². The van der Waals surface area contributed by atoms with E-state index in [2.05, 4.69) is 11.4 Å². The van der Waals surface area contributed by atoms with Crippen LogP contribution in [-0.2, 0) is 5.54 Å². The number of nitrogens with one attached hydrogen (secondary N) is 1. The zero-order chi connectivity index (χ0) is 10.9. The number of rotatable bonds is 1. The first-order valence-corrected chi connectivity index (χ1v) is 5.07. The van der Waals surface area contributed by atoms with Crippen LogP contribution in [0.15, 0.2) is 24.3 Å². The molecule has 0 aliphatic carbocycles. The normalized spacial score (nSPS) is 28.7. The Morgan fingerprint density at radius 3 is 2.93 bits per heavy atom. The van der Waals surface area contributed by atoms with E-state index in [0.29, 0.717) is 6.61 Å². The van der Waals surface area contributed by atoms with Gasteiger partial charge in [0.15, 0.2) is 0 Å². The van der Waals surface area contributed by atoms with Crippen molar-refractivity contribution in [3.63, 3.8) is 0 Å². The fraction of sp³-hybridized carbons (Fsp3) is 0.417. The molecule has 2 unspecified atom stereocenters.